The maximum absolute atomic E-state index is 11.5. The molecule has 2 bridgehead atoms. The number of ether oxygens (including phenoxy) is 1. The summed E-state index contributed by atoms with van der Waals surface area (Å²) in [4.78, 5) is 11.5. The Morgan fingerprint density at radius 2 is 2.14 bits per heavy atom. The van der Waals surface area contributed by atoms with Crippen LogP contribution in [-0.2, 0) is 9.53 Å². The maximum Gasteiger partial charge on any atom is 0.308 e. The Morgan fingerprint density at radius 3 is 2.71 bits per heavy atom. The number of fused-ring (bicyclic) bond motifs is 2. The second-order valence-corrected chi connectivity index (χ2v) is 6.88. The Kier molecular flexibility index (Phi) is 3.32. The Hall–Kier alpha value is 0.170. The number of methoxy groups -OCH3 is 1. The molecule has 2 nitrogen and oxygen atoms in total. The van der Waals surface area contributed by atoms with Gasteiger partial charge in [-0.25, -0.2) is 0 Å². The second kappa shape index (κ2) is 4.35. The van der Waals surface area contributed by atoms with Gasteiger partial charge in [0, 0.05) is 5.25 Å². The van der Waals surface area contributed by atoms with Crippen LogP contribution in [0, 0.1) is 17.8 Å². The van der Waals surface area contributed by atoms with Crippen LogP contribution in [0.25, 0.3) is 0 Å². The molecular weight excluding hydrogens is 216 g/mol. The van der Waals surface area contributed by atoms with Crippen LogP contribution in [0.2, 0.25) is 0 Å². The summed E-state index contributed by atoms with van der Waals surface area (Å²) in [5.41, 5.74) is 0. The molecule has 2 aliphatic carbocycles. The third-order valence-corrected chi connectivity index (χ3v) is 5.78. The van der Waals surface area contributed by atoms with Gasteiger partial charge >= 0.3 is 5.97 Å². The summed E-state index contributed by atoms with van der Waals surface area (Å²) < 4.78 is 4.86. The van der Waals surface area contributed by atoms with E-state index in [2.05, 4.69) is 6.26 Å². The average Bonchev–Trinajstić information content (AvgIpc) is 2.76. The lowest BCUT2D eigenvalue weighted by Crippen LogP contribution is -2.28. The van der Waals surface area contributed by atoms with Crippen molar-refractivity contribution in [3.63, 3.8) is 0 Å². The molecule has 0 aromatic carbocycles. The topological polar surface area (TPSA) is 26.3 Å². The SMILES string of the molecule is COC(=O)[C@H]1CC2CC1[C@H](SSC)C2. The highest BCUT2D eigenvalue weighted by molar-refractivity contribution is 8.76. The molecule has 4 atom stereocenters. The zero-order valence-corrected chi connectivity index (χ0v) is 10.2. The van der Waals surface area contributed by atoms with Gasteiger partial charge in [-0.2, -0.15) is 0 Å². The summed E-state index contributed by atoms with van der Waals surface area (Å²) >= 11 is 0. The molecule has 0 N–H and O–H groups in total. The molecule has 0 saturated heterocycles. The van der Waals surface area contributed by atoms with Crippen LogP contribution in [0.5, 0.6) is 0 Å². The highest BCUT2D eigenvalue weighted by Gasteiger charge is 2.49. The number of rotatable bonds is 3. The number of carbonyl (C=O) groups excluding carboxylic acids is 1. The van der Waals surface area contributed by atoms with Gasteiger partial charge < -0.3 is 4.74 Å². The normalized spacial score (nSPS) is 40.1. The Labute approximate surface area is 92.9 Å². The van der Waals surface area contributed by atoms with E-state index in [0.29, 0.717) is 11.2 Å². The van der Waals surface area contributed by atoms with Crippen LogP contribution >= 0.6 is 21.6 Å². The lowest BCUT2D eigenvalue weighted by atomic mass is 9.88. The van der Waals surface area contributed by atoms with Crippen molar-refractivity contribution in [3.8, 4) is 0 Å². The van der Waals surface area contributed by atoms with Crippen molar-refractivity contribution >= 4 is 27.6 Å². The minimum absolute atomic E-state index is 0.0175. The van der Waals surface area contributed by atoms with Crippen molar-refractivity contribution in [2.24, 2.45) is 17.8 Å². The number of carbonyl (C=O) groups is 1. The van der Waals surface area contributed by atoms with Crippen molar-refractivity contribution in [2.45, 2.75) is 24.5 Å². The van der Waals surface area contributed by atoms with E-state index in [-0.39, 0.29) is 11.9 Å². The number of hydrogen-bond donors (Lipinski definition) is 0. The molecule has 4 heteroatoms. The van der Waals surface area contributed by atoms with Gasteiger partial charge in [0.2, 0.25) is 0 Å². The molecule has 0 aromatic rings. The molecule has 0 aliphatic heterocycles. The fourth-order valence-corrected chi connectivity index (χ4v) is 5.39. The number of hydrogen-bond acceptors (Lipinski definition) is 4. The van der Waals surface area contributed by atoms with Crippen molar-refractivity contribution in [1.82, 2.24) is 0 Å². The predicted molar refractivity (Wildman–Crippen MR) is 61.2 cm³/mol. The summed E-state index contributed by atoms with van der Waals surface area (Å²) in [5.74, 6) is 1.59. The van der Waals surface area contributed by atoms with E-state index in [0.717, 1.165) is 12.3 Å². The Morgan fingerprint density at radius 1 is 1.36 bits per heavy atom. The fraction of sp³-hybridized carbons (Fsp3) is 0.900. The molecule has 0 radical (unpaired) electrons. The first kappa shape index (κ1) is 10.7. The lowest BCUT2D eigenvalue weighted by Gasteiger charge is -2.26. The highest BCUT2D eigenvalue weighted by atomic mass is 33.1. The molecule has 2 aliphatic rings. The third kappa shape index (κ3) is 1.78. The van der Waals surface area contributed by atoms with Crippen LogP contribution in [-0.4, -0.2) is 24.6 Å². The fourth-order valence-electron chi connectivity index (χ4n) is 2.94. The van der Waals surface area contributed by atoms with E-state index in [1.807, 2.05) is 21.6 Å². The molecule has 0 aromatic heterocycles. The third-order valence-electron chi connectivity index (χ3n) is 3.48. The first-order valence-electron chi connectivity index (χ1n) is 5.03. The van der Waals surface area contributed by atoms with Crippen LogP contribution in [0.1, 0.15) is 19.3 Å². The van der Waals surface area contributed by atoms with Gasteiger partial charge in [0.05, 0.1) is 13.0 Å². The zero-order valence-electron chi connectivity index (χ0n) is 8.56. The monoisotopic (exact) mass is 232 g/mol. The zero-order chi connectivity index (χ0) is 10.1. The first-order valence-corrected chi connectivity index (χ1v) is 7.65. The minimum Gasteiger partial charge on any atom is -0.469 e. The minimum atomic E-state index is 0.0175. The van der Waals surface area contributed by atoms with Gasteiger partial charge in [-0.15, -0.1) is 0 Å². The highest BCUT2D eigenvalue weighted by Crippen LogP contribution is 2.54. The largest absolute Gasteiger partial charge is 0.469 e. The molecule has 0 amide bonds. The first-order chi connectivity index (χ1) is 6.76. The molecule has 2 rings (SSSR count). The standard InChI is InChI=1S/C10H16O2S2/c1-12-10(11)8-4-6-3-7(8)9(5-6)14-13-2/h6-9H,3-5H2,1-2H3/t6?,7?,8-,9+/m0/s1. The molecule has 0 heterocycles. The van der Waals surface area contributed by atoms with E-state index in [1.165, 1.54) is 20.0 Å². The van der Waals surface area contributed by atoms with Gasteiger partial charge in [-0.3, -0.25) is 4.79 Å². The molecule has 2 unspecified atom stereocenters. The van der Waals surface area contributed by atoms with Crippen molar-refractivity contribution < 1.29 is 9.53 Å². The number of esters is 1. The van der Waals surface area contributed by atoms with Crippen LogP contribution in [0.3, 0.4) is 0 Å². The van der Waals surface area contributed by atoms with E-state index in [4.69, 9.17) is 4.74 Å². The second-order valence-electron chi connectivity index (χ2n) is 4.17. The van der Waals surface area contributed by atoms with E-state index < -0.39 is 0 Å². The molecule has 2 saturated carbocycles. The van der Waals surface area contributed by atoms with Crippen LogP contribution < -0.4 is 0 Å². The van der Waals surface area contributed by atoms with E-state index in [1.54, 1.807) is 0 Å². The molecule has 14 heavy (non-hydrogen) atoms. The Balaban J connectivity index is 2.00. The van der Waals surface area contributed by atoms with Gasteiger partial charge in [0.25, 0.3) is 0 Å². The van der Waals surface area contributed by atoms with E-state index >= 15 is 0 Å². The van der Waals surface area contributed by atoms with E-state index in [9.17, 15) is 4.79 Å². The predicted octanol–water partition coefficient (Wildman–Crippen LogP) is 2.59. The summed E-state index contributed by atoms with van der Waals surface area (Å²) in [6, 6.07) is 0. The van der Waals surface area contributed by atoms with Crippen molar-refractivity contribution in [3.05, 3.63) is 0 Å². The quantitative estimate of drug-likeness (QED) is 0.552. The van der Waals surface area contributed by atoms with Crippen LogP contribution in [0.15, 0.2) is 0 Å². The van der Waals surface area contributed by atoms with Gasteiger partial charge in [0.1, 0.15) is 0 Å². The molecule has 0 spiro atoms. The summed E-state index contributed by atoms with van der Waals surface area (Å²) in [5, 5.41) is 0.688. The molecule has 2 fully saturated rings. The summed E-state index contributed by atoms with van der Waals surface area (Å²) in [7, 11) is 5.27. The Bertz CT molecular complexity index is 232. The smallest absolute Gasteiger partial charge is 0.308 e. The van der Waals surface area contributed by atoms with Gasteiger partial charge in [0.15, 0.2) is 0 Å². The van der Waals surface area contributed by atoms with Crippen molar-refractivity contribution in [2.75, 3.05) is 13.4 Å². The summed E-state index contributed by atoms with van der Waals surface area (Å²) in [6.45, 7) is 0. The van der Waals surface area contributed by atoms with Crippen molar-refractivity contribution in [1.29, 1.82) is 0 Å². The maximum atomic E-state index is 11.5. The van der Waals surface area contributed by atoms with Gasteiger partial charge in [-0.1, -0.05) is 21.6 Å². The lowest BCUT2D eigenvalue weighted by molar-refractivity contribution is -0.147. The summed E-state index contributed by atoms with van der Waals surface area (Å²) in [6.07, 6.45) is 5.74. The molecular formula is C10H16O2S2. The average molecular weight is 232 g/mol. The van der Waals surface area contributed by atoms with Crippen LogP contribution in [0.4, 0.5) is 0 Å². The molecule has 80 valence electrons. The van der Waals surface area contributed by atoms with Gasteiger partial charge in [-0.05, 0) is 37.4 Å².